The second-order valence-corrected chi connectivity index (χ2v) is 6.08. The van der Waals surface area contributed by atoms with Crippen molar-refractivity contribution in [2.45, 2.75) is 11.8 Å². The third-order valence-corrected chi connectivity index (χ3v) is 4.52. The summed E-state index contributed by atoms with van der Waals surface area (Å²) in [6, 6.07) is 6.86. The lowest BCUT2D eigenvalue weighted by Crippen LogP contribution is -2.32. The number of nitrogens with zero attached hydrogens (tertiary/aromatic N) is 1. The van der Waals surface area contributed by atoms with Crippen molar-refractivity contribution in [2.24, 2.45) is 0 Å². The summed E-state index contributed by atoms with van der Waals surface area (Å²) in [4.78, 5) is 0.270. The Bertz CT molecular complexity index is 578. The van der Waals surface area contributed by atoms with Crippen molar-refractivity contribution in [3.05, 3.63) is 61.7 Å². The molecular formula is C15H19NO2S. The van der Waals surface area contributed by atoms with Crippen molar-refractivity contribution in [1.29, 1.82) is 0 Å². The smallest absolute Gasteiger partial charge is 0.207 e. The van der Waals surface area contributed by atoms with Crippen LogP contribution in [0, 0.1) is 0 Å². The minimum atomic E-state index is -3.57. The summed E-state index contributed by atoms with van der Waals surface area (Å²) in [5.74, 6) is 0. The molecule has 1 aromatic carbocycles. The van der Waals surface area contributed by atoms with E-state index in [0.717, 1.165) is 5.57 Å². The average Bonchev–Trinajstić information content (AvgIpc) is 2.38. The van der Waals surface area contributed by atoms with E-state index >= 15 is 0 Å². The summed E-state index contributed by atoms with van der Waals surface area (Å²) in [6.07, 6.45) is 3.12. The van der Waals surface area contributed by atoms with Crippen LogP contribution in [0.3, 0.4) is 0 Å². The zero-order valence-corrected chi connectivity index (χ0v) is 12.0. The quantitative estimate of drug-likeness (QED) is 0.718. The summed E-state index contributed by atoms with van der Waals surface area (Å²) >= 11 is 0. The molecule has 102 valence electrons. The lowest BCUT2D eigenvalue weighted by Gasteiger charge is -2.21. The fourth-order valence-electron chi connectivity index (χ4n) is 1.74. The van der Waals surface area contributed by atoms with Crippen molar-refractivity contribution in [3.63, 3.8) is 0 Å². The minimum Gasteiger partial charge on any atom is -0.207 e. The van der Waals surface area contributed by atoms with Gasteiger partial charge >= 0.3 is 0 Å². The van der Waals surface area contributed by atoms with Crippen molar-refractivity contribution < 1.29 is 8.42 Å². The third kappa shape index (κ3) is 3.43. The van der Waals surface area contributed by atoms with Crippen LogP contribution in [0.1, 0.15) is 12.5 Å². The van der Waals surface area contributed by atoms with Crippen molar-refractivity contribution in [1.82, 2.24) is 4.31 Å². The van der Waals surface area contributed by atoms with Crippen molar-refractivity contribution in [3.8, 4) is 0 Å². The van der Waals surface area contributed by atoms with E-state index in [1.165, 1.54) is 4.31 Å². The Morgan fingerprint density at radius 3 is 2.21 bits per heavy atom. The first-order chi connectivity index (χ1) is 8.95. The molecule has 1 aromatic rings. The van der Waals surface area contributed by atoms with Crippen LogP contribution in [0.25, 0.3) is 5.57 Å². The Morgan fingerprint density at radius 2 is 1.74 bits per heavy atom. The number of hydrogen-bond donors (Lipinski definition) is 0. The normalized spacial score (nSPS) is 11.3. The zero-order valence-electron chi connectivity index (χ0n) is 11.2. The van der Waals surface area contributed by atoms with Crippen LogP contribution >= 0.6 is 0 Å². The van der Waals surface area contributed by atoms with Gasteiger partial charge in [-0.15, -0.1) is 13.2 Å². The molecular weight excluding hydrogens is 258 g/mol. The molecule has 0 unspecified atom stereocenters. The molecule has 0 aliphatic heterocycles. The number of hydrogen-bond acceptors (Lipinski definition) is 2. The molecule has 0 radical (unpaired) electrons. The van der Waals surface area contributed by atoms with E-state index in [0.29, 0.717) is 5.56 Å². The van der Waals surface area contributed by atoms with Crippen LogP contribution in [-0.2, 0) is 10.0 Å². The predicted octanol–water partition coefficient (Wildman–Crippen LogP) is 3.08. The number of allylic oxidation sites excluding steroid dienone is 1. The van der Waals surface area contributed by atoms with E-state index in [2.05, 4.69) is 19.7 Å². The topological polar surface area (TPSA) is 37.4 Å². The van der Waals surface area contributed by atoms with Gasteiger partial charge in [-0.25, -0.2) is 8.42 Å². The molecule has 0 aliphatic carbocycles. The Morgan fingerprint density at radius 1 is 1.21 bits per heavy atom. The molecule has 19 heavy (non-hydrogen) atoms. The number of benzene rings is 1. The number of rotatable bonds is 7. The van der Waals surface area contributed by atoms with Gasteiger partial charge in [0.15, 0.2) is 0 Å². The molecule has 0 N–H and O–H groups in total. The predicted molar refractivity (Wildman–Crippen MR) is 80.3 cm³/mol. The summed E-state index contributed by atoms with van der Waals surface area (Å²) in [6.45, 7) is 13.3. The molecule has 0 heterocycles. The molecule has 0 atom stereocenters. The van der Waals surface area contributed by atoms with Gasteiger partial charge in [0.05, 0.1) is 4.90 Å². The standard InChI is InChI=1S/C15H19NO2S/c1-5-11-16(12-6-2)19(17,18)15-10-8-7-9-14(15)13(3)4/h5-10H,1-3,11-12H2,4H3. The molecule has 0 aliphatic rings. The van der Waals surface area contributed by atoms with Gasteiger partial charge in [-0.3, -0.25) is 0 Å². The van der Waals surface area contributed by atoms with Crippen LogP contribution in [0.15, 0.2) is 61.0 Å². The maximum atomic E-state index is 12.6. The largest absolute Gasteiger partial charge is 0.244 e. The first-order valence-electron chi connectivity index (χ1n) is 5.92. The summed E-state index contributed by atoms with van der Waals surface area (Å²) < 4.78 is 26.6. The highest BCUT2D eigenvalue weighted by Crippen LogP contribution is 2.24. The fourth-order valence-corrected chi connectivity index (χ4v) is 3.39. The first-order valence-corrected chi connectivity index (χ1v) is 7.36. The van der Waals surface area contributed by atoms with Gasteiger partial charge < -0.3 is 0 Å². The van der Waals surface area contributed by atoms with E-state index in [1.54, 1.807) is 43.3 Å². The second-order valence-electron chi connectivity index (χ2n) is 4.18. The SMILES string of the molecule is C=CCN(CC=C)S(=O)(=O)c1ccccc1C(=C)C. The van der Waals surface area contributed by atoms with Gasteiger partial charge in [-0.2, -0.15) is 4.31 Å². The van der Waals surface area contributed by atoms with E-state index in [4.69, 9.17) is 0 Å². The van der Waals surface area contributed by atoms with E-state index in [-0.39, 0.29) is 18.0 Å². The lowest BCUT2D eigenvalue weighted by atomic mass is 10.1. The molecule has 0 amide bonds. The molecule has 0 spiro atoms. The monoisotopic (exact) mass is 277 g/mol. The van der Waals surface area contributed by atoms with Gasteiger partial charge in [-0.05, 0) is 24.1 Å². The Kier molecular flexibility index (Phi) is 5.27. The highest BCUT2D eigenvalue weighted by molar-refractivity contribution is 7.89. The van der Waals surface area contributed by atoms with Gasteiger partial charge in [0, 0.05) is 13.1 Å². The Labute approximate surface area is 115 Å². The maximum absolute atomic E-state index is 12.6. The van der Waals surface area contributed by atoms with Gasteiger partial charge in [0.25, 0.3) is 0 Å². The lowest BCUT2D eigenvalue weighted by molar-refractivity contribution is 0.474. The zero-order chi connectivity index (χ0) is 14.5. The van der Waals surface area contributed by atoms with Crippen molar-refractivity contribution >= 4 is 15.6 Å². The van der Waals surface area contributed by atoms with Crippen molar-refractivity contribution in [2.75, 3.05) is 13.1 Å². The van der Waals surface area contributed by atoms with Gasteiger partial charge in [-0.1, -0.05) is 36.9 Å². The molecule has 0 aromatic heterocycles. The Balaban J connectivity index is 3.36. The molecule has 0 saturated carbocycles. The van der Waals surface area contributed by atoms with E-state index < -0.39 is 10.0 Å². The first kappa shape index (κ1) is 15.4. The second kappa shape index (κ2) is 6.50. The van der Waals surface area contributed by atoms with Gasteiger partial charge in [0.1, 0.15) is 0 Å². The highest BCUT2D eigenvalue weighted by atomic mass is 32.2. The van der Waals surface area contributed by atoms with Crippen LogP contribution in [-0.4, -0.2) is 25.8 Å². The average molecular weight is 277 g/mol. The fraction of sp³-hybridized carbons (Fsp3) is 0.200. The summed E-state index contributed by atoms with van der Waals surface area (Å²) in [7, 11) is -3.57. The molecule has 1 rings (SSSR count). The summed E-state index contributed by atoms with van der Waals surface area (Å²) in [5.41, 5.74) is 1.36. The molecule has 0 saturated heterocycles. The third-order valence-electron chi connectivity index (χ3n) is 2.63. The highest BCUT2D eigenvalue weighted by Gasteiger charge is 2.25. The van der Waals surface area contributed by atoms with Crippen LogP contribution < -0.4 is 0 Å². The minimum absolute atomic E-state index is 0.249. The maximum Gasteiger partial charge on any atom is 0.244 e. The van der Waals surface area contributed by atoms with Crippen LogP contribution in [0.5, 0.6) is 0 Å². The van der Waals surface area contributed by atoms with Crippen LogP contribution in [0.4, 0.5) is 0 Å². The van der Waals surface area contributed by atoms with Crippen LogP contribution in [0.2, 0.25) is 0 Å². The van der Waals surface area contributed by atoms with E-state index in [9.17, 15) is 8.42 Å². The summed E-state index contributed by atoms with van der Waals surface area (Å²) in [5, 5.41) is 0. The Hall–Kier alpha value is -1.65. The number of sulfonamides is 1. The molecule has 0 fully saturated rings. The molecule has 3 nitrogen and oxygen atoms in total. The van der Waals surface area contributed by atoms with Gasteiger partial charge in [0.2, 0.25) is 10.0 Å². The molecule has 4 heteroatoms. The van der Waals surface area contributed by atoms with E-state index in [1.807, 2.05) is 0 Å². The molecule has 0 bridgehead atoms.